The van der Waals surface area contributed by atoms with Crippen LogP contribution in [0.5, 0.6) is 0 Å². The van der Waals surface area contributed by atoms with Crippen LogP contribution >= 0.6 is 0 Å². The van der Waals surface area contributed by atoms with Crippen LogP contribution in [0, 0.1) is 0 Å². The van der Waals surface area contributed by atoms with Gasteiger partial charge in [-0.25, -0.2) is 13.1 Å². The molecule has 0 radical (unpaired) electrons. The second-order valence-corrected chi connectivity index (χ2v) is 6.18. The molecule has 112 valence electrons. The van der Waals surface area contributed by atoms with E-state index < -0.39 is 10.0 Å². The molecule has 0 atom stereocenters. The highest BCUT2D eigenvalue weighted by molar-refractivity contribution is 7.88. The van der Waals surface area contributed by atoms with Crippen molar-refractivity contribution in [3.8, 4) is 0 Å². The predicted molar refractivity (Wildman–Crippen MR) is 80.9 cm³/mol. The van der Waals surface area contributed by atoms with E-state index in [9.17, 15) is 8.42 Å². The Morgan fingerprint density at radius 2 is 2.05 bits per heavy atom. The highest BCUT2D eigenvalue weighted by atomic mass is 32.2. The lowest BCUT2D eigenvalue weighted by Crippen LogP contribution is -2.40. The van der Waals surface area contributed by atoms with Crippen LogP contribution in [0.1, 0.15) is 19.3 Å². The molecule has 7 heteroatoms. The van der Waals surface area contributed by atoms with E-state index in [1.54, 1.807) is 7.05 Å². The highest BCUT2D eigenvalue weighted by Crippen LogP contribution is 1.94. The van der Waals surface area contributed by atoms with Crippen molar-refractivity contribution in [1.29, 1.82) is 0 Å². The number of nitrogens with one attached hydrogen (secondary N) is 2. The molecule has 0 saturated carbocycles. The van der Waals surface area contributed by atoms with Gasteiger partial charge in [-0.3, -0.25) is 4.99 Å². The first-order valence-electron chi connectivity index (χ1n) is 6.38. The van der Waals surface area contributed by atoms with Crippen molar-refractivity contribution >= 4 is 16.0 Å². The predicted octanol–water partition coefficient (Wildman–Crippen LogP) is 0.399. The van der Waals surface area contributed by atoms with Crippen LogP contribution in [0.25, 0.3) is 0 Å². The maximum absolute atomic E-state index is 10.9. The summed E-state index contributed by atoms with van der Waals surface area (Å²) < 4.78 is 24.2. The minimum Gasteiger partial charge on any atom is -0.356 e. The van der Waals surface area contributed by atoms with E-state index in [-0.39, 0.29) is 0 Å². The van der Waals surface area contributed by atoms with E-state index in [2.05, 4.69) is 21.6 Å². The van der Waals surface area contributed by atoms with Gasteiger partial charge in [-0.2, -0.15) is 0 Å². The van der Waals surface area contributed by atoms with Crippen LogP contribution in [0.4, 0.5) is 0 Å². The van der Waals surface area contributed by atoms with Crippen molar-refractivity contribution in [2.24, 2.45) is 4.99 Å². The van der Waals surface area contributed by atoms with Gasteiger partial charge in [-0.1, -0.05) is 6.08 Å². The zero-order valence-electron chi connectivity index (χ0n) is 12.1. The van der Waals surface area contributed by atoms with Crippen molar-refractivity contribution in [3.63, 3.8) is 0 Å². The molecular formula is C12H26N4O2S. The minimum atomic E-state index is -3.09. The molecule has 6 nitrogen and oxygen atoms in total. The van der Waals surface area contributed by atoms with Crippen molar-refractivity contribution in [1.82, 2.24) is 14.9 Å². The number of rotatable bonds is 9. The van der Waals surface area contributed by atoms with Gasteiger partial charge in [0.15, 0.2) is 5.96 Å². The lowest BCUT2D eigenvalue weighted by Gasteiger charge is -2.21. The Labute approximate surface area is 117 Å². The molecule has 0 aromatic rings. The summed E-state index contributed by atoms with van der Waals surface area (Å²) in [5.41, 5.74) is 0. The Balaban J connectivity index is 3.85. The molecule has 0 bridgehead atoms. The lowest BCUT2D eigenvalue weighted by atomic mass is 10.3. The fourth-order valence-corrected chi connectivity index (χ4v) is 2.02. The third-order valence-electron chi connectivity index (χ3n) is 2.48. The van der Waals surface area contributed by atoms with Gasteiger partial charge in [-0.15, -0.1) is 6.58 Å². The quantitative estimate of drug-likeness (QED) is 0.279. The molecule has 0 aliphatic carbocycles. The van der Waals surface area contributed by atoms with Crippen LogP contribution < -0.4 is 10.0 Å². The summed E-state index contributed by atoms with van der Waals surface area (Å²) in [4.78, 5) is 6.23. The average molecular weight is 290 g/mol. The van der Waals surface area contributed by atoms with Crippen LogP contribution in [-0.4, -0.2) is 59.3 Å². The zero-order valence-corrected chi connectivity index (χ0v) is 13.0. The third kappa shape index (κ3) is 10.5. The van der Waals surface area contributed by atoms with E-state index in [4.69, 9.17) is 0 Å². The van der Waals surface area contributed by atoms with E-state index >= 15 is 0 Å². The van der Waals surface area contributed by atoms with Gasteiger partial charge in [0.25, 0.3) is 0 Å². The van der Waals surface area contributed by atoms with Crippen LogP contribution in [0.3, 0.4) is 0 Å². The van der Waals surface area contributed by atoms with Gasteiger partial charge in [0.2, 0.25) is 10.0 Å². The molecule has 0 spiro atoms. The Hall–Kier alpha value is -1.08. The third-order valence-corrected chi connectivity index (χ3v) is 3.20. The Morgan fingerprint density at radius 3 is 2.58 bits per heavy atom. The fourth-order valence-electron chi connectivity index (χ4n) is 1.51. The van der Waals surface area contributed by atoms with Crippen LogP contribution in [0.2, 0.25) is 0 Å². The van der Waals surface area contributed by atoms with E-state index in [0.29, 0.717) is 19.5 Å². The monoisotopic (exact) mass is 290 g/mol. The largest absolute Gasteiger partial charge is 0.356 e. The number of aliphatic imine (C=N–C) groups is 1. The van der Waals surface area contributed by atoms with Gasteiger partial charge in [0.1, 0.15) is 0 Å². The summed E-state index contributed by atoms with van der Waals surface area (Å²) in [5, 5.41) is 3.20. The van der Waals surface area contributed by atoms with E-state index in [0.717, 1.165) is 31.6 Å². The smallest absolute Gasteiger partial charge is 0.208 e. The number of hydrogen-bond acceptors (Lipinski definition) is 3. The zero-order chi connectivity index (χ0) is 14.7. The number of sulfonamides is 1. The van der Waals surface area contributed by atoms with E-state index in [1.807, 2.05) is 18.0 Å². The molecule has 0 amide bonds. The summed E-state index contributed by atoms with van der Waals surface area (Å²) in [6, 6.07) is 0. The Bertz CT molecular complexity index is 379. The second-order valence-electron chi connectivity index (χ2n) is 4.35. The summed E-state index contributed by atoms with van der Waals surface area (Å²) in [6.45, 7) is 5.72. The van der Waals surface area contributed by atoms with Gasteiger partial charge in [0, 0.05) is 33.7 Å². The van der Waals surface area contributed by atoms with Gasteiger partial charge in [0.05, 0.1) is 6.26 Å². The highest BCUT2D eigenvalue weighted by Gasteiger charge is 2.04. The molecule has 0 fully saturated rings. The molecular weight excluding hydrogens is 264 g/mol. The molecule has 0 unspecified atom stereocenters. The number of allylic oxidation sites excluding steroid dienone is 1. The maximum Gasteiger partial charge on any atom is 0.208 e. The number of guanidine groups is 1. The first kappa shape index (κ1) is 17.9. The van der Waals surface area contributed by atoms with Crippen molar-refractivity contribution < 1.29 is 8.42 Å². The molecule has 0 heterocycles. The SMILES string of the molecule is C=CCCCN(C)C(=NC)NCCCNS(C)(=O)=O. The van der Waals surface area contributed by atoms with Crippen LogP contribution in [-0.2, 0) is 10.0 Å². The van der Waals surface area contributed by atoms with Crippen molar-refractivity contribution in [3.05, 3.63) is 12.7 Å². The molecule has 2 N–H and O–H groups in total. The number of unbranched alkanes of at least 4 members (excludes halogenated alkanes) is 1. The first-order chi connectivity index (χ1) is 8.90. The normalized spacial score (nSPS) is 12.3. The molecule has 0 rings (SSSR count). The second kappa shape index (κ2) is 9.80. The fraction of sp³-hybridized carbons (Fsp3) is 0.750. The van der Waals surface area contributed by atoms with Gasteiger partial charge >= 0.3 is 0 Å². The molecule has 0 aromatic heterocycles. The number of nitrogens with zero attached hydrogens (tertiary/aromatic N) is 2. The molecule has 19 heavy (non-hydrogen) atoms. The Kier molecular flexibility index (Phi) is 9.24. The summed E-state index contributed by atoms with van der Waals surface area (Å²) in [5.74, 6) is 0.823. The molecule has 0 aromatic carbocycles. The Morgan fingerprint density at radius 1 is 1.37 bits per heavy atom. The summed E-state index contributed by atoms with van der Waals surface area (Å²) in [6.07, 6.45) is 5.80. The molecule has 0 saturated heterocycles. The minimum absolute atomic E-state index is 0.434. The first-order valence-corrected chi connectivity index (χ1v) is 8.27. The van der Waals surface area contributed by atoms with Crippen molar-refractivity contribution in [2.75, 3.05) is 40.0 Å². The van der Waals surface area contributed by atoms with Gasteiger partial charge in [-0.05, 0) is 19.3 Å². The summed E-state index contributed by atoms with van der Waals surface area (Å²) >= 11 is 0. The van der Waals surface area contributed by atoms with Gasteiger partial charge < -0.3 is 10.2 Å². The topological polar surface area (TPSA) is 73.8 Å². The molecule has 0 aliphatic rings. The number of hydrogen-bond donors (Lipinski definition) is 2. The maximum atomic E-state index is 10.9. The standard InChI is InChI=1S/C12H26N4O2S/c1-5-6-7-11-16(3)12(13-2)14-9-8-10-15-19(4,17)18/h5,15H,1,6-11H2,2-4H3,(H,13,14). The summed E-state index contributed by atoms with van der Waals surface area (Å²) in [7, 11) is 0.627. The molecule has 0 aliphatic heterocycles. The average Bonchev–Trinajstić information content (AvgIpc) is 2.32. The van der Waals surface area contributed by atoms with E-state index in [1.165, 1.54) is 0 Å². The lowest BCUT2D eigenvalue weighted by molar-refractivity contribution is 0.469. The van der Waals surface area contributed by atoms with Crippen LogP contribution in [0.15, 0.2) is 17.6 Å². The van der Waals surface area contributed by atoms with Crippen molar-refractivity contribution in [2.45, 2.75) is 19.3 Å².